The number of carbonyl (C=O) groups excluding carboxylic acids is 1. The number of hydrogen-bond donors (Lipinski definition) is 2. The van der Waals surface area contributed by atoms with Gasteiger partial charge in [0.1, 0.15) is 11.6 Å². The Bertz CT molecular complexity index is 478. The Morgan fingerprint density at radius 1 is 1.47 bits per heavy atom. The normalized spacial score (nSPS) is 23.4. The molecule has 0 aliphatic carbocycles. The summed E-state index contributed by atoms with van der Waals surface area (Å²) in [5.74, 6) is -1.10. The van der Waals surface area contributed by atoms with Crippen molar-refractivity contribution in [1.29, 1.82) is 0 Å². The molecule has 0 radical (unpaired) electrons. The number of likely N-dealkylation sites (tertiary alicyclic amines) is 1. The molecule has 1 heterocycles. The Kier molecular flexibility index (Phi) is 4.04. The molecule has 0 bridgehead atoms. The zero-order chi connectivity index (χ0) is 14.0. The lowest BCUT2D eigenvalue weighted by Crippen LogP contribution is -2.46. The minimum atomic E-state index is -0.551. The second-order valence-corrected chi connectivity index (χ2v) is 5.09. The van der Waals surface area contributed by atoms with Gasteiger partial charge in [0.2, 0.25) is 0 Å². The molecular formula is C14H18FNO3. The molecule has 2 N–H and O–H groups in total. The number of hydrogen-bond acceptors (Lipinski definition) is 3. The molecule has 0 spiro atoms. The van der Waals surface area contributed by atoms with E-state index in [4.69, 9.17) is 0 Å². The van der Waals surface area contributed by atoms with Gasteiger partial charge in [-0.25, -0.2) is 4.39 Å². The number of piperidine rings is 1. The van der Waals surface area contributed by atoms with Crippen molar-refractivity contribution in [3.8, 4) is 5.75 Å². The summed E-state index contributed by atoms with van der Waals surface area (Å²) in [6.07, 6.45) is 1.67. The van der Waals surface area contributed by atoms with Gasteiger partial charge in [-0.15, -0.1) is 0 Å². The van der Waals surface area contributed by atoms with Gasteiger partial charge >= 0.3 is 0 Å². The van der Waals surface area contributed by atoms with Gasteiger partial charge in [0.05, 0.1) is 5.56 Å². The van der Waals surface area contributed by atoms with Gasteiger partial charge < -0.3 is 15.1 Å². The minimum Gasteiger partial charge on any atom is -0.507 e. The predicted molar refractivity (Wildman–Crippen MR) is 68.4 cm³/mol. The summed E-state index contributed by atoms with van der Waals surface area (Å²) in [4.78, 5) is 14.0. The molecule has 19 heavy (non-hydrogen) atoms. The molecule has 2 unspecified atom stereocenters. The van der Waals surface area contributed by atoms with Gasteiger partial charge in [-0.3, -0.25) is 4.79 Å². The number of halogens is 1. The summed E-state index contributed by atoms with van der Waals surface area (Å²) in [6.45, 7) is 2.39. The highest BCUT2D eigenvalue weighted by molar-refractivity contribution is 5.97. The summed E-state index contributed by atoms with van der Waals surface area (Å²) < 4.78 is 13.2. The van der Waals surface area contributed by atoms with Crippen LogP contribution in [0.4, 0.5) is 4.39 Å². The van der Waals surface area contributed by atoms with Crippen molar-refractivity contribution in [2.45, 2.75) is 25.8 Å². The third-order valence-electron chi connectivity index (χ3n) is 3.69. The summed E-state index contributed by atoms with van der Waals surface area (Å²) in [6, 6.07) is 3.37. The van der Waals surface area contributed by atoms with Crippen molar-refractivity contribution in [3.63, 3.8) is 0 Å². The number of amides is 1. The quantitative estimate of drug-likeness (QED) is 0.858. The van der Waals surface area contributed by atoms with E-state index in [1.807, 2.05) is 6.92 Å². The Hall–Kier alpha value is -1.62. The molecule has 1 saturated heterocycles. The molecule has 1 amide bonds. The number of phenols is 1. The first-order valence-electron chi connectivity index (χ1n) is 6.43. The third kappa shape index (κ3) is 2.87. The van der Waals surface area contributed by atoms with E-state index < -0.39 is 5.82 Å². The van der Waals surface area contributed by atoms with Crippen molar-refractivity contribution < 1.29 is 19.4 Å². The summed E-state index contributed by atoms with van der Waals surface area (Å²) in [7, 11) is 0. The Morgan fingerprint density at radius 3 is 2.89 bits per heavy atom. The van der Waals surface area contributed by atoms with Crippen molar-refractivity contribution in [3.05, 3.63) is 29.6 Å². The van der Waals surface area contributed by atoms with Crippen LogP contribution >= 0.6 is 0 Å². The van der Waals surface area contributed by atoms with E-state index in [0.29, 0.717) is 6.54 Å². The van der Waals surface area contributed by atoms with Gasteiger partial charge in [0, 0.05) is 19.2 Å². The number of phenolic OH excluding ortho intramolecular Hbond substituents is 1. The van der Waals surface area contributed by atoms with Crippen LogP contribution in [0.3, 0.4) is 0 Å². The van der Waals surface area contributed by atoms with Crippen LogP contribution in [0.25, 0.3) is 0 Å². The van der Waals surface area contributed by atoms with E-state index in [1.165, 1.54) is 6.07 Å². The fourth-order valence-electron chi connectivity index (χ4n) is 2.45. The van der Waals surface area contributed by atoms with Gasteiger partial charge in [-0.05, 0) is 43.9 Å². The molecular weight excluding hydrogens is 249 g/mol. The highest BCUT2D eigenvalue weighted by atomic mass is 19.1. The van der Waals surface area contributed by atoms with E-state index in [-0.39, 0.29) is 35.8 Å². The van der Waals surface area contributed by atoms with Gasteiger partial charge in [-0.1, -0.05) is 0 Å². The first-order valence-corrected chi connectivity index (χ1v) is 6.43. The lowest BCUT2D eigenvalue weighted by molar-refractivity contribution is 0.0486. The Morgan fingerprint density at radius 2 is 2.21 bits per heavy atom. The van der Waals surface area contributed by atoms with Crippen LogP contribution in [0.2, 0.25) is 0 Å². The highest BCUT2D eigenvalue weighted by Gasteiger charge is 2.30. The van der Waals surface area contributed by atoms with E-state index in [2.05, 4.69) is 0 Å². The molecule has 1 aromatic rings. The van der Waals surface area contributed by atoms with Crippen LogP contribution in [-0.2, 0) is 0 Å². The Balaban J connectivity index is 2.24. The van der Waals surface area contributed by atoms with Crippen molar-refractivity contribution in [2.24, 2.45) is 5.92 Å². The first-order chi connectivity index (χ1) is 9.02. The van der Waals surface area contributed by atoms with Crippen LogP contribution in [-0.4, -0.2) is 40.2 Å². The molecule has 1 aliphatic heterocycles. The summed E-state index contributed by atoms with van der Waals surface area (Å²) in [5.41, 5.74) is -0.0227. The van der Waals surface area contributed by atoms with Crippen LogP contribution in [0.15, 0.2) is 18.2 Å². The molecule has 0 aromatic heterocycles. The largest absolute Gasteiger partial charge is 0.507 e. The fourth-order valence-corrected chi connectivity index (χ4v) is 2.45. The standard InChI is InChI=1S/C14H18FNO3/c1-9-2-3-10(8-17)7-16(9)14(19)12-6-11(15)4-5-13(12)18/h4-6,9-10,17-18H,2-3,7-8H2,1H3. The van der Waals surface area contributed by atoms with E-state index >= 15 is 0 Å². The molecule has 4 nitrogen and oxygen atoms in total. The second-order valence-electron chi connectivity index (χ2n) is 5.09. The predicted octanol–water partition coefficient (Wildman–Crippen LogP) is 1.76. The highest BCUT2D eigenvalue weighted by Crippen LogP contribution is 2.26. The maximum Gasteiger partial charge on any atom is 0.257 e. The Labute approximate surface area is 111 Å². The van der Waals surface area contributed by atoms with Crippen LogP contribution < -0.4 is 0 Å². The van der Waals surface area contributed by atoms with Gasteiger partial charge in [0.25, 0.3) is 5.91 Å². The van der Waals surface area contributed by atoms with Crippen molar-refractivity contribution in [2.75, 3.05) is 13.2 Å². The molecule has 5 heteroatoms. The number of aromatic hydroxyl groups is 1. The number of nitrogens with zero attached hydrogens (tertiary/aromatic N) is 1. The fraction of sp³-hybridized carbons (Fsp3) is 0.500. The molecule has 1 fully saturated rings. The summed E-state index contributed by atoms with van der Waals surface area (Å²) in [5, 5.41) is 18.9. The number of carbonyl (C=O) groups is 1. The first kappa shape index (κ1) is 13.8. The maximum absolute atomic E-state index is 13.2. The van der Waals surface area contributed by atoms with E-state index in [0.717, 1.165) is 25.0 Å². The minimum absolute atomic E-state index is 0.0227. The van der Waals surface area contributed by atoms with Gasteiger partial charge in [0.15, 0.2) is 0 Å². The molecule has 2 atom stereocenters. The average Bonchev–Trinajstić information content (AvgIpc) is 2.41. The number of aliphatic hydroxyl groups is 1. The number of rotatable bonds is 2. The molecule has 0 saturated carbocycles. The van der Waals surface area contributed by atoms with Gasteiger partial charge in [-0.2, -0.15) is 0 Å². The van der Waals surface area contributed by atoms with E-state index in [9.17, 15) is 19.4 Å². The third-order valence-corrected chi connectivity index (χ3v) is 3.69. The van der Waals surface area contributed by atoms with Crippen molar-refractivity contribution in [1.82, 2.24) is 4.90 Å². The zero-order valence-corrected chi connectivity index (χ0v) is 10.8. The summed E-state index contributed by atoms with van der Waals surface area (Å²) >= 11 is 0. The smallest absolute Gasteiger partial charge is 0.257 e. The number of benzene rings is 1. The number of aliphatic hydroxyl groups excluding tert-OH is 1. The molecule has 1 aromatic carbocycles. The monoisotopic (exact) mass is 267 g/mol. The van der Waals surface area contributed by atoms with Crippen LogP contribution in [0.1, 0.15) is 30.1 Å². The molecule has 1 aliphatic rings. The SMILES string of the molecule is CC1CCC(CO)CN1C(=O)c1cc(F)ccc1O. The van der Waals surface area contributed by atoms with Crippen LogP contribution in [0.5, 0.6) is 5.75 Å². The topological polar surface area (TPSA) is 60.8 Å². The van der Waals surface area contributed by atoms with E-state index in [1.54, 1.807) is 4.90 Å². The van der Waals surface area contributed by atoms with Crippen molar-refractivity contribution >= 4 is 5.91 Å². The maximum atomic E-state index is 13.2. The lowest BCUT2D eigenvalue weighted by atomic mass is 9.93. The molecule has 2 rings (SSSR count). The average molecular weight is 267 g/mol. The zero-order valence-electron chi connectivity index (χ0n) is 10.8. The second kappa shape index (κ2) is 5.57. The van der Waals surface area contributed by atoms with Crippen LogP contribution in [0, 0.1) is 11.7 Å². The lowest BCUT2D eigenvalue weighted by Gasteiger charge is -2.37. The molecule has 104 valence electrons.